The lowest BCUT2D eigenvalue weighted by Gasteiger charge is -2.34. The van der Waals surface area contributed by atoms with Crippen LogP contribution in [0, 0.1) is 11.7 Å². The number of carbonyl (C=O) groups excluding carboxylic acids is 4. The number of halogens is 1. The summed E-state index contributed by atoms with van der Waals surface area (Å²) in [5.74, 6) is -2.23. The van der Waals surface area contributed by atoms with Crippen molar-refractivity contribution in [2.24, 2.45) is 5.92 Å². The van der Waals surface area contributed by atoms with Gasteiger partial charge in [0.2, 0.25) is 17.7 Å². The number of hydrogen-bond acceptors (Lipinski definition) is 9. The number of amides is 4. The molecule has 1 aromatic carbocycles. The van der Waals surface area contributed by atoms with E-state index in [0.29, 0.717) is 25.2 Å². The van der Waals surface area contributed by atoms with Crippen LogP contribution in [0.2, 0.25) is 0 Å². The van der Waals surface area contributed by atoms with Gasteiger partial charge >= 0.3 is 0 Å². The Kier molecular flexibility index (Phi) is 14.7. The molecule has 14 nitrogen and oxygen atoms in total. The number of pyridine rings is 1. The van der Waals surface area contributed by atoms with Crippen molar-refractivity contribution in [2.75, 3.05) is 34.2 Å². The van der Waals surface area contributed by atoms with E-state index >= 15 is 0 Å². The molecule has 0 unspecified atom stereocenters. The first-order valence-electron chi connectivity index (χ1n) is 19.4. The van der Waals surface area contributed by atoms with E-state index in [0.717, 1.165) is 50.2 Å². The van der Waals surface area contributed by atoms with Crippen LogP contribution in [0.25, 0.3) is 0 Å². The first-order valence-corrected chi connectivity index (χ1v) is 19.4. The lowest BCUT2D eigenvalue weighted by atomic mass is 10.0. The molecule has 0 saturated carbocycles. The summed E-state index contributed by atoms with van der Waals surface area (Å²) in [6, 6.07) is 4.45. The fraction of sp³-hybridized carbons (Fsp3) is 0.575. The van der Waals surface area contributed by atoms with Gasteiger partial charge < -0.3 is 30.1 Å². The molecule has 2 bridgehead atoms. The fourth-order valence-corrected chi connectivity index (χ4v) is 7.24. The maximum atomic E-state index is 14.6. The summed E-state index contributed by atoms with van der Waals surface area (Å²) in [7, 11) is 5.42. The summed E-state index contributed by atoms with van der Waals surface area (Å²) in [4.78, 5) is 66.1. The van der Waals surface area contributed by atoms with Crippen LogP contribution in [0.1, 0.15) is 86.8 Å². The average molecular weight is 762 g/mol. The molecule has 298 valence electrons. The highest BCUT2D eigenvalue weighted by Gasteiger charge is 2.45. The Hall–Kier alpha value is -4.92. The van der Waals surface area contributed by atoms with Gasteiger partial charge in [0, 0.05) is 57.6 Å². The first kappa shape index (κ1) is 41.2. The van der Waals surface area contributed by atoms with E-state index in [1.54, 1.807) is 41.3 Å². The van der Waals surface area contributed by atoms with Gasteiger partial charge in [0.25, 0.3) is 5.91 Å². The van der Waals surface area contributed by atoms with E-state index in [4.69, 9.17) is 4.74 Å². The van der Waals surface area contributed by atoms with Gasteiger partial charge in [-0.25, -0.2) is 4.39 Å². The highest BCUT2D eigenvalue weighted by molar-refractivity contribution is 6.00. The Bertz CT molecular complexity index is 1750. The number of carbonyl (C=O) groups is 4. The van der Waals surface area contributed by atoms with Crippen molar-refractivity contribution in [3.8, 4) is 5.75 Å². The quantitative estimate of drug-likeness (QED) is 0.397. The van der Waals surface area contributed by atoms with Crippen molar-refractivity contribution < 1.29 is 28.3 Å². The number of nitrogens with one attached hydrogen (secondary N) is 2. The van der Waals surface area contributed by atoms with Crippen LogP contribution in [0.15, 0.2) is 48.9 Å². The molecule has 1 fully saturated rings. The SMILES string of the molecule is CC(C)C[C@H]1NC(=O)c2ccc(F)cc2OCc2cn(nn2)CCCCCCCCNC(=O)[C@H](Cc2cccnc2)N(C)C(=O)[C@H]2C[C@H](N(C)C)CN2C1=O. The molecule has 2 aliphatic rings. The monoisotopic (exact) mass is 761 g/mol. The molecule has 15 heteroatoms. The van der Waals surface area contributed by atoms with E-state index in [1.165, 1.54) is 17.0 Å². The molecule has 1 saturated heterocycles. The molecule has 2 aliphatic heterocycles. The Morgan fingerprint density at radius 1 is 1.02 bits per heavy atom. The third-order valence-electron chi connectivity index (χ3n) is 10.4. The fourth-order valence-electron chi connectivity index (χ4n) is 7.24. The molecule has 4 heterocycles. The van der Waals surface area contributed by atoms with Gasteiger partial charge in [-0.1, -0.05) is 50.8 Å². The second-order valence-electron chi connectivity index (χ2n) is 15.4. The smallest absolute Gasteiger partial charge is 0.255 e. The van der Waals surface area contributed by atoms with E-state index in [-0.39, 0.29) is 61.1 Å². The molecular formula is C40H56FN9O5. The van der Waals surface area contributed by atoms with Crippen LogP contribution in [0.5, 0.6) is 5.75 Å². The first-order chi connectivity index (χ1) is 26.4. The molecule has 2 N–H and O–H groups in total. The van der Waals surface area contributed by atoms with Gasteiger partial charge in [0.1, 0.15) is 42.0 Å². The zero-order valence-electron chi connectivity index (χ0n) is 32.7. The number of hydrogen-bond donors (Lipinski definition) is 2. The summed E-state index contributed by atoms with van der Waals surface area (Å²) in [6.07, 6.45) is 11.7. The van der Waals surface area contributed by atoms with Gasteiger partial charge in [-0.05, 0) is 69.5 Å². The molecule has 3 aromatic rings. The highest BCUT2D eigenvalue weighted by atomic mass is 19.1. The number of nitrogens with zero attached hydrogens (tertiary/aromatic N) is 7. The molecule has 4 atom stereocenters. The third-order valence-corrected chi connectivity index (χ3v) is 10.4. The van der Waals surface area contributed by atoms with E-state index < -0.39 is 35.8 Å². The summed E-state index contributed by atoms with van der Waals surface area (Å²) in [5.41, 5.74) is 1.39. The lowest BCUT2D eigenvalue weighted by Crippen LogP contribution is -2.57. The van der Waals surface area contributed by atoms with Crippen molar-refractivity contribution in [1.82, 2.24) is 45.3 Å². The van der Waals surface area contributed by atoms with Crippen LogP contribution < -0.4 is 15.4 Å². The predicted molar refractivity (Wildman–Crippen MR) is 204 cm³/mol. The number of rotatable bonds is 5. The van der Waals surface area contributed by atoms with Gasteiger partial charge in [-0.15, -0.1) is 5.10 Å². The minimum Gasteiger partial charge on any atom is -0.486 e. The second kappa shape index (κ2) is 19.6. The molecular weight excluding hydrogens is 705 g/mol. The zero-order chi connectivity index (χ0) is 39.5. The summed E-state index contributed by atoms with van der Waals surface area (Å²) >= 11 is 0. The highest BCUT2D eigenvalue weighted by Crippen LogP contribution is 2.27. The van der Waals surface area contributed by atoms with Crippen molar-refractivity contribution in [1.29, 1.82) is 0 Å². The largest absolute Gasteiger partial charge is 0.486 e. The van der Waals surface area contributed by atoms with Gasteiger partial charge in [-0.3, -0.25) is 28.8 Å². The summed E-state index contributed by atoms with van der Waals surface area (Å²) in [6.45, 7) is 5.27. The van der Waals surface area contributed by atoms with Crippen LogP contribution in [-0.2, 0) is 34.0 Å². The molecule has 0 aliphatic carbocycles. The normalized spacial score (nSPS) is 22.9. The van der Waals surface area contributed by atoms with Crippen LogP contribution in [-0.4, -0.2) is 117 Å². The van der Waals surface area contributed by atoms with Gasteiger partial charge in [0.05, 0.1) is 11.8 Å². The Labute approximate surface area is 323 Å². The van der Waals surface area contributed by atoms with E-state index in [9.17, 15) is 23.6 Å². The number of aryl methyl sites for hydroxylation is 1. The van der Waals surface area contributed by atoms with Crippen molar-refractivity contribution in [3.63, 3.8) is 0 Å². The number of ether oxygens (including phenoxy) is 1. The predicted octanol–water partition coefficient (Wildman–Crippen LogP) is 3.61. The Balaban J connectivity index is 1.46. The Morgan fingerprint density at radius 2 is 1.78 bits per heavy atom. The molecule has 5 rings (SSSR count). The van der Waals surface area contributed by atoms with E-state index in [1.807, 2.05) is 38.9 Å². The minimum atomic E-state index is -1.00. The molecule has 4 amide bonds. The number of benzene rings is 1. The lowest BCUT2D eigenvalue weighted by molar-refractivity contribution is -0.147. The maximum absolute atomic E-state index is 14.6. The number of likely N-dealkylation sites (N-methyl/N-ethyl adjacent to an activating group) is 2. The molecule has 55 heavy (non-hydrogen) atoms. The van der Waals surface area contributed by atoms with Crippen LogP contribution in [0.3, 0.4) is 0 Å². The average Bonchev–Trinajstić information content (AvgIpc) is 3.82. The Morgan fingerprint density at radius 3 is 2.51 bits per heavy atom. The maximum Gasteiger partial charge on any atom is 0.255 e. The van der Waals surface area contributed by atoms with Crippen LogP contribution in [0.4, 0.5) is 4.39 Å². The second-order valence-corrected chi connectivity index (χ2v) is 15.4. The molecule has 0 spiro atoms. The summed E-state index contributed by atoms with van der Waals surface area (Å²) in [5, 5.41) is 14.3. The zero-order valence-corrected chi connectivity index (χ0v) is 32.7. The van der Waals surface area contributed by atoms with Crippen molar-refractivity contribution >= 4 is 23.6 Å². The topological polar surface area (TPSA) is 155 Å². The molecule has 0 radical (unpaired) electrons. The minimum absolute atomic E-state index is 0.00206. The van der Waals surface area contributed by atoms with Crippen LogP contribution >= 0.6 is 0 Å². The summed E-state index contributed by atoms with van der Waals surface area (Å²) < 4.78 is 22.2. The van der Waals surface area contributed by atoms with Crippen molar-refractivity contribution in [2.45, 2.75) is 109 Å². The van der Waals surface area contributed by atoms with Crippen molar-refractivity contribution in [3.05, 3.63) is 71.6 Å². The van der Waals surface area contributed by atoms with E-state index in [2.05, 4.69) is 25.9 Å². The number of fused-ring (bicyclic) bond motifs is 4. The number of aromatic nitrogens is 4. The standard InChI is InChI=1S/C40H56FN9O5/c1-27(2)19-33-39(53)50-25-31(47(3)4)22-35(50)40(54)48(5)34(20-28-13-12-16-42-23-28)38(52)43-17-10-8-6-7-9-11-18-49-24-30(45-46-49)26-55-36-21-29(41)14-15-32(36)37(51)44-33/h12-16,21,23-24,27,31,33-35H,6-11,17-20,22,25-26H2,1-5H3,(H,43,52)(H,44,51)/t31-,33+,34-,35+/m0/s1. The molecule has 2 aromatic heterocycles. The third kappa shape index (κ3) is 11.3. The van der Waals surface area contributed by atoms with Gasteiger partial charge in [0.15, 0.2) is 0 Å². The van der Waals surface area contributed by atoms with Gasteiger partial charge in [-0.2, -0.15) is 0 Å².